The molecule has 18 heavy (non-hydrogen) atoms. The van der Waals surface area contributed by atoms with E-state index in [0.29, 0.717) is 16.5 Å². The Balaban J connectivity index is 0.000000771. The lowest BCUT2D eigenvalue weighted by atomic mass is 10.2. The second-order valence-electron chi connectivity index (χ2n) is 3.53. The van der Waals surface area contributed by atoms with E-state index in [1.54, 1.807) is 12.1 Å². The summed E-state index contributed by atoms with van der Waals surface area (Å²) in [5.41, 5.74) is 1.10. The number of halogens is 1. The Morgan fingerprint density at radius 1 is 1.06 bits per heavy atom. The molecule has 0 unspecified atom stereocenters. The van der Waals surface area contributed by atoms with Gasteiger partial charge >= 0.3 is 0 Å². The quantitative estimate of drug-likeness (QED) is 0.811. The Hall–Kier alpha value is -1.67. The van der Waals surface area contributed by atoms with E-state index in [-0.39, 0.29) is 5.75 Å². The van der Waals surface area contributed by atoms with Gasteiger partial charge in [-0.3, -0.25) is 0 Å². The summed E-state index contributed by atoms with van der Waals surface area (Å²) in [6, 6.07) is 12.4. The molecule has 2 rings (SSSR count). The predicted octanol–water partition coefficient (Wildman–Crippen LogP) is 5.17. The zero-order chi connectivity index (χ0) is 13.5. The number of hydrogen-bond donors (Lipinski definition) is 1. The molecule has 0 bridgehead atoms. The third kappa shape index (κ3) is 3.97. The lowest BCUT2D eigenvalue weighted by Crippen LogP contribution is -1.85. The fourth-order valence-electron chi connectivity index (χ4n) is 1.38. The van der Waals surface area contributed by atoms with Crippen LogP contribution in [0.1, 0.15) is 19.4 Å². The number of benzene rings is 2. The number of hydrogen-bond acceptors (Lipinski definition) is 2. The molecule has 2 aromatic rings. The van der Waals surface area contributed by atoms with Crippen molar-refractivity contribution in [3.05, 3.63) is 53.1 Å². The SMILES string of the molecule is CC.Cc1cccc(Oc2ccc(Cl)cc2O)c1. The van der Waals surface area contributed by atoms with Gasteiger partial charge in [0.1, 0.15) is 5.75 Å². The van der Waals surface area contributed by atoms with Crippen LogP contribution in [0, 0.1) is 6.92 Å². The summed E-state index contributed by atoms with van der Waals surface area (Å²) >= 11 is 5.73. The molecule has 0 fully saturated rings. The van der Waals surface area contributed by atoms with E-state index in [1.807, 2.05) is 45.0 Å². The summed E-state index contributed by atoms with van der Waals surface area (Å²) < 4.78 is 5.54. The second kappa shape index (κ2) is 6.92. The number of phenolic OH excluding ortho intramolecular Hbond substituents is 1. The molecule has 0 saturated carbocycles. The number of rotatable bonds is 2. The zero-order valence-corrected chi connectivity index (χ0v) is 11.5. The van der Waals surface area contributed by atoms with Gasteiger partial charge in [-0.25, -0.2) is 0 Å². The summed E-state index contributed by atoms with van der Waals surface area (Å²) in [7, 11) is 0. The molecule has 3 heteroatoms. The highest BCUT2D eigenvalue weighted by molar-refractivity contribution is 6.30. The molecular weight excluding hydrogens is 248 g/mol. The van der Waals surface area contributed by atoms with Crippen LogP contribution in [-0.4, -0.2) is 5.11 Å². The summed E-state index contributed by atoms with van der Waals surface area (Å²) in [6.07, 6.45) is 0. The summed E-state index contributed by atoms with van der Waals surface area (Å²) in [5.74, 6) is 1.13. The molecule has 96 valence electrons. The van der Waals surface area contributed by atoms with Gasteiger partial charge in [0.15, 0.2) is 11.5 Å². The van der Waals surface area contributed by atoms with Gasteiger partial charge in [0.2, 0.25) is 0 Å². The van der Waals surface area contributed by atoms with Gasteiger partial charge in [0.05, 0.1) is 0 Å². The largest absolute Gasteiger partial charge is 0.504 e. The topological polar surface area (TPSA) is 29.5 Å². The highest BCUT2D eigenvalue weighted by atomic mass is 35.5. The number of aryl methyl sites for hydroxylation is 1. The fourth-order valence-corrected chi connectivity index (χ4v) is 1.55. The first kappa shape index (κ1) is 14.4. The van der Waals surface area contributed by atoms with Crippen LogP contribution < -0.4 is 4.74 Å². The fraction of sp³-hybridized carbons (Fsp3) is 0.200. The first-order chi connectivity index (χ1) is 8.65. The summed E-state index contributed by atoms with van der Waals surface area (Å²) in [6.45, 7) is 5.98. The van der Waals surface area contributed by atoms with Crippen molar-refractivity contribution in [3.8, 4) is 17.2 Å². The lowest BCUT2D eigenvalue weighted by Gasteiger charge is -2.08. The van der Waals surface area contributed by atoms with Gasteiger partial charge in [-0.1, -0.05) is 37.6 Å². The molecule has 0 radical (unpaired) electrons. The smallest absolute Gasteiger partial charge is 0.169 e. The van der Waals surface area contributed by atoms with Crippen LogP contribution in [0.25, 0.3) is 0 Å². The minimum Gasteiger partial charge on any atom is -0.504 e. The van der Waals surface area contributed by atoms with Gasteiger partial charge in [-0.05, 0) is 36.8 Å². The highest BCUT2D eigenvalue weighted by Crippen LogP contribution is 2.32. The molecule has 0 aliphatic carbocycles. The third-order valence-electron chi connectivity index (χ3n) is 2.14. The molecule has 0 saturated heterocycles. The van der Waals surface area contributed by atoms with Gasteiger partial charge in [-0.15, -0.1) is 0 Å². The maximum Gasteiger partial charge on any atom is 0.169 e. The zero-order valence-electron chi connectivity index (χ0n) is 10.8. The number of aromatic hydroxyl groups is 1. The van der Waals surface area contributed by atoms with E-state index < -0.39 is 0 Å². The van der Waals surface area contributed by atoms with E-state index >= 15 is 0 Å². The molecule has 2 nitrogen and oxygen atoms in total. The maximum absolute atomic E-state index is 9.61. The van der Waals surface area contributed by atoms with Crippen molar-refractivity contribution in [2.75, 3.05) is 0 Å². The van der Waals surface area contributed by atoms with Crippen molar-refractivity contribution in [3.63, 3.8) is 0 Å². The highest BCUT2D eigenvalue weighted by Gasteiger charge is 2.04. The Bertz CT molecular complexity index is 510. The predicted molar refractivity (Wildman–Crippen MR) is 75.7 cm³/mol. The lowest BCUT2D eigenvalue weighted by molar-refractivity contribution is 0.411. The standard InChI is InChI=1S/C13H11ClO2.C2H6/c1-9-3-2-4-11(7-9)16-13-6-5-10(14)8-12(13)15;1-2/h2-8,15H,1H3;1-2H3. The Morgan fingerprint density at radius 3 is 2.39 bits per heavy atom. The van der Waals surface area contributed by atoms with Crippen LogP contribution in [0.5, 0.6) is 17.2 Å². The minimum absolute atomic E-state index is 0.0361. The molecule has 0 amide bonds. The Morgan fingerprint density at radius 2 is 1.78 bits per heavy atom. The maximum atomic E-state index is 9.61. The molecule has 2 aromatic carbocycles. The van der Waals surface area contributed by atoms with Crippen molar-refractivity contribution in [1.29, 1.82) is 0 Å². The van der Waals surface area contributed by atoms with Crippen molar-refractivity contribution < 1.29 is 9.84 Å². The number of ether oxygens (including phenoxy) is 1. The van der Waals surface area contributed by atoms with Gasteiger partial charge < -0.3 is 9.84 Å². The van der Waals surface area contributed by atoms with Crippen LogP contribution in [0.4, 0.5) is 0 Å². The summed E-state index contributed by atoms with van der Waals surface area (Å²) in [4.78, 5) is 0. The average Bonchev–Trinajstić information content (AvgIpc) is 2.35. The molecule has 0 aliphatic heterocycles. The molecule has 0 heterocycles. The molecular formula is C15H17ClO2. The minimum atomic E-state index is 0.0361. The first-order valence-electron chi connectivity index (χ1n) is 5.88. The van der Waals surface area contributed by atoms with E-state index in [2.05, 4.69) is 0 Å². The van der Waals surface area contributed by atoms with Crippen LogP contribution in [-0.2, 0) is 0 Å². The Labute approximate surface area is 113 Å². The van der Waals surface area contributed by atoms with E-state index in [9.17, 15) is 5.11 Å². The van der Waals surface area contributed by atoms with Crippen molar-refractivity contribution in [2.24, 2.45) is 0 Å². The van der Waals surface area contributed by atoms with Crippen LogP contribution in [0.2, 0.25) is 5.02 Å². The number of phenols is 1. The third-order valence-corrected chi connectivity index (χ3v) is 2.37. The van der Waals surface area contributed by atoms with E-state index in [4.69, 9.17) is 16.3 Å². The molecule has 0 spiro atoms. The average molecular weight is 265 g/mol. The molecule has 0 aromatic heterocycles. The van der Waals surface area contributed by atoms with E-state index in [1.165, 1.54) is 6.07 Å². The second-order valence-corrected chi connectivity index (χ2v) is 3.97. The normalized spacial score (nSPS) is 9.33. The van der Waals surface area contributed by atoms with Crippen LogP contribution in [0.3, 0.4) is 0 Å². The van der Waals surface area contributed by atoms with E-state index in [0.717, 1.165) is 5.56 Å². The van der Waals surface area contributed by atoms with Gasteiger partial charge in [0, 0.05) is 11.1 Å². The monoisotopic (exact) mass is 264 g/mol. The first-order valence-corrected chi connectivity index (χ1v) is 6.26. The molecule has 0 atom stereocenters. The Kier molecular flexibility index (Phi) is 5.53. The van der Waals surface area contributed by atoms with Crippen LogP contribution in [0.15, 0.2) is 42.5 Å². The van der Waals surface area contributed by atoms with Crippen molar-refractivity contribution in [1.82, 2.24) is 0 Å². The van der Waals surface area contributed by atoms with Gasteiger partial charge in [-0.2, -0.15) is 0 Å². The molecule has 0 aliphatic rings. The van der Waals surface area contributed by atoms with Crippen LogP contribution >= 0.6 is 11.6 Å². The molecule has 1 N–H and O–H groups in total. The van der Waals surface area contributed by atoms with Crippen molar-refractivity contribution in [2.45, 2.75) is 20.8 Å². The van der Waals surface area contributed by atoms with Gasteiger partial charge in [0.25, 0.3) is 0 Å². The van der Waals surface area contributed by atoms with Crippen molar-refractivity contribution >= 4 is 11.6 Å². The summed E-state index contributed by atoms with van der Waals surface area (Å²) in [5, 5.41) is 10.1.